The van der Waals surface area contributed by atoms with E-state index < -0.39 is 0 Å². The first kappa shape index (κ1) is 24.4. The lowest BCUT2D eigenvalue weighted by atomic mass is 10.2. The molecule has 10 heteroatoms. The molecule has 2 amide bonds. The van der Waals surface area contributed by atoms with Crippen LogP contribution in [0.5, 0.6) is 17.2 Å². The fourth-order valence-corrected chi connectivity index (χ4v) is 5.21. The van der Waals surface area contributed by atoms with E-state index in [0.717, 1.165) is 14.6 Å². The Balaban J connectivity index is 1.41. The Kier molecular flexibility index (Phi) is 7.74. The number of anilines is 2. The minimum atomic E-state index is -0.259. The molecule has 1 heterocycles. The second-order valence-electron chi connectivity index (χ2n) is 7.22. The van der Waals surface area contributed by atoms with Gasteiger partial charge in [-0.2, -0.15) is 0 Å². The summed E-state index contributed by atoms with van der Waals surface area (Å²) >= 11 is 2.79. The van der Waals surface area contributed by atoms with Gasteiger partial charge in [0.1, 0.15) is 17.2 Å². The lowest BCUT2D eigenvalue weighted by Gasteiger charge is -2.11. The maximum absolute atomic E-state index is 12.7. The van der Waals surface area contributed by atoms with Crippen LogP contribution in [-0.4, -0.2) is 43.9 Å². The molecule has 0 aliphatic heterocycles. The highest BCUT2D eigenvalue weighted by Gasteiger charge is 2.14. The summed E-state index contributed by atoms with van der Waals surface area (Å²) in [5, 5.41) is 5.75. The molecular weight excluding hydrogens is 486 g/mol. The quantitative estimate of drug-likeness (QED) is 0.295. The first-order chi connectivity index (χ1) is 17.0. The second-order valence-corrected chi connectivity index (χ2v) is 9.47. The maximum Gasteiger partial charge on any atom is 0.259 e. The summed E-state index contributed by atoms with van der Waals surface area (Å²) in [4.78, 5) is 29.8. The zero-order chi connectivity index (χ0) is 24.8. The summed E-state index contributed by atoms with van der Waals surface area (Å²) in [6.45, 7) is 0. The van der Waals surface area contributed by atoms with E-state index in [1.165, 1.54) is 30.2 Å². The number of thioether (sulfide) groups is 1. The van der Waals surface area contributed by atoms with Crippen LogP contribution in [0.2, 0.25) is 0 Å². The predicted molar refractivity (Wildman–Crippen MR) is 139 cm³/mol. The Bertz CT molecular complexity index is 1370. The molecule has 0 unspecified atom stereocenters. The molecule has 0 spiro atoms. The molecule has 3 aromatic carbocycles. The smallest absolute Gasteiger partial charge is 0.259 e. The third-order valence-corrected chi connectivity index (χ3v) is 7.15. The molecule has 0 aliphatic carbocycles. The van der Waals surface area contributed by atoms with Crippen molar-refractivity contribution in [3.05, 3.63) is 66.2 Å². The number of carbonyl (C=O) groups is 2. The number of amides is 2. The van der Waals surface area contributed by atoms with Gasteiger partial charge in [0.25, 0.3) is 5.91 Å². The van der Waals surface area contributed by atoms with Gasteiger partial charge in [0.2, 0.25) is 5.91 Å². The number of fused-ring (bicyclic) bond motifs is 1. The molecular formula is C25H23N3O5S2. The third kappa shape index (κ3) is 5.84. The third-order valence-electron chi connectivity index (χ3n) is 4.99. The zero-order valence-electron chi connectivity index (χ0n) is 19.3. The molecule has 1 aromatic heterocycles. The maximum atomic E-state index is 12.7. The number of hydrogen-bond acceptors (Lipinski definition) is 8. The van der Waals surface area contributed by atoms with Crippen molar-refractivity contribution in [3.8, 4) is 17.2 Å². The minimum absolute atomic E-state index is 0.178. The molecule has 0 radical (unpaired) electrons. The Morgan fingerprint density at radius 3 is 2.49 bits per heavy atom. The van der Waals surface area contributed by atoms with Gasteiger partial charge >= 0.3 is 0 Å². The highest BCUT2D eigenvalue weighted by Crippen LogP contribution is 2.33. The topological polar surface area (TPSA) is 98.8 Å². The Hall–Kier alpha value is -3.76. The van der Waals surface area contributed by atoms with Crippen LogP contribution in [0, 0.1) is 0 Å². The molecule has 2 N–H and O–H groups in total. The number of hydrogen-bond donors (Lipinski definition) is 2. The van der Waals surface area contributed by atoms with E-state index in [4.69, 9.17) is 14.2 Å². The molecule has 4 rings (SSSR count). The van der Waals surface area contributed by atoms with E-state index in [2.05, 4.69) is 15.6 Å². The van der Waals surface area contributed by atoms with Gasteiger partial charge in [0.15, 0.2) is 4.34 Å². The van der Waals surface area contributed by atoms with Crippen molar-refractivity contribution in [2.45, 2.75) is 4.34 Å². The largest absolute Gasteiger partial charge is 0.497 e. The average molecular weight is 510 g/mol. The Morgan fingerprint density at radius 1 is 0.914 bits per heavy atom. The van der Waals surface area contributed by atoms with E-state index in [0.29, 0.717) is 34.2 Å². The molecule has 180 valence electrons. The molecule has 35 heavy (non-hydrogen) atoms. The number of nitrogens with one attached hydrogen (secondary N) is 2. The number of methoxy groups -OCH3 is 3. The van der Waals surface area contributed by atoms with E-state index >= 15 is 0 Å². The van der Waals surface area contributed by atoms with Crippen LogP contribution in [-0.2, 0) is 4.79 Å². The second kappa shape index (κ2) is 11.1. The molecule has 0 saturated carbocycles. The fourth-order valence-electron chi connectivity index (χ4n) is 3.30. The van der Waals surface area contributed by atoms with E-state index in [-0.39, 0.29) is 17.6 Å². The van der Waals surface area contributed by atoms with Crippen molar-refractivity contribution in [1.82, 2.24) is 4.98 Å². The Morgan fingerprint density at radius 2 is 1.71 bits per heavy atom. The first-order valence-corrected chi connectivity index (χ1v) is 12.3. The Labute approximate surface area is 210 Å². The van der Waals surface area contributed by atoms with Crippen LogP contribution in [0.25, 0.3) is 10.2 Å². The summed E-state index contributed by atoms with van der Waals surface area (Å²) in [6.07, 6.45) is 0. The fraction of sp³-hybridized carbons (Fsp3) is 0.160. The highest BCUT2D eigenvalue weighted by atomic mass is 32.2. The molecule has 0 bridgehead atoms. The number of ether oxygens (including phenoxy) is 3. The lowest BCUT2D eigenvalue weighted by molar-refractivity contribution is -0.113. The highest BCUT2D eigenvalue weighted by molar-refractivity contribution is 8.01. The normalized spacial score (nSPS) is 10.6. The predicted octanol–water partition coefficient (Wildman–Crippen LogP) is 5.31. The lowest BCUT2D eigenvalue weighted by Crippen LogP contribution is -2.14. The van der Waals surface area contributed by atoms with Crippen LogP contribution in [0.15, 0.2) is 65.0 Å². The number of aromatic nitrogens is 1. The molecule has 0 fully saturated rings. The van der Waals surface area contributed by atoms with Gasteiger partial charge in [-0.05, 0) is 42.5 Å². The molecule has 0 atom stereocenters. The van der Waals surface area contributed by atoms with Crippen LogP contribution in [0.4, 0.5) is 11.4 Å². The van der Waals surface area contributed by atoms with Gasteiger partial charge in [-0.15, -0.1) is 11.3 Å². The number of carbonyl (C=O) groups excluding carboxylic acids is 2. The number of thiazole rings is 1. The van der Waals surface area contributed by atoms with Gasteiger partial charge in [-0.25, -0.2) is 4.98 Å². The van der Waals surface area contributed by atoms with Gasteiger partial charge in [0, 0.05) is 11.8 Å². The van der Waals surface area contributed by atoms with Gasteiger partial charge in [-0.1, -0.05) is 23.9 Å². The zero-order valence-corrected chi connectivity index (χ0v) is 20.9. The van der Waals surface area contributed by atoms with Crippen molar-refractivity contribution in [2.24, 2.45) is 0 Å². The summed E-state index contributed by atoms with van der Waals surface area (Å²) in [5.74, 6) is 1.40. The molecule has 4 aromatic rings. The van der Waals surface area contributed by atoms with Crippen molar-refractivity contribution in [1.29, 1.82) is 0 Å². The summed E-state index contributed by atoms with van der Waals surface area (Å²) in [6, 6.07) is 17.8. The molecule has 8 nitrogen and oxygen atoms in total. The van der Waals surface area contributed by atoms with Crippen LogP contribution in [0.3, 0.4) is 0 Å². The SMILES string of the molecule is COc1ccc(OC)c(NC(=O)CSc2nc3ccc(NC(=O)c4ccccc4OC)cc3s2)c1. The van der Waals surface area contributed by atoms with Gasteiger partial charge in [0.05, 0.1) is 48.5 Å². The number of nitrogens with zero attached hydrogens (tertiary/aromatic N) is 1. The van der Waals surface area contributed by atoms with Crippen molar-refractivity contribution in [2.75, 3.05) is 37.7 Å². The van der Waals surface area contributed by atoms with E-state index in [1.807, 2.05) is 18.2 Å². The van der Waals surface area contributed by atoms with E-state index in [9.17, 15) is 9.59 Å². The molecule has 0 saturated heterocycles. The summed E-state index contributed by atoms with van der Waals surface area (Å²) in [7, 11) is 4.63. The summed E-state index contributed by atoms with van der Waals surface area (Å²) < 4.78 is 17.4. The standard InChI is InChI=1S/C25H23N3O5S2/c1-31-16-9-11-21(33-3)19(13-16)27-23(29)14-34-25-28-18-10-8-15(12-22(18)35-25)26-24(30)17-6-4-5-7-20(17)32-2/h4-13H,14H2,1-3H3,(H,26,30)(H,27,29). The van der Waals surface area contributed by atoms with Crippen molar-refractivity contribution < 1.29 is 23.8 Å². The van der Waals surface area contributed by atoms with Crippen molar-refractivity contribution in [3.63, 3.8) is 0 Å². The average Bonchev–Trinajstić information content (AvgIpc) is 3.29. The van der Waals surface area contributed by atoms with Crippen LogP contribution >= 0.6 is 23.1 Å². The monoisotopic (exact) mass is 509 g/mol. The van der Waals surface area contributed by atoms with Crippen LogP contribution in [0.1, 0.15) is 10.4 Å². The first-order valence-electron chi connectivity index (χ1n) is 10.5. The van der Waals surface area contributed by atoms with E-state index in [1.54, 1.807) is 56.7 Å². The molecule has 0 aliphatic rings. The van der Waals surface area contributed by atoms with Gasteiger partial charge in [-0.3, -0.25) is 9.59 Å². The summed E-state index contributed by atoms with van der Waals surface area (Å²) in [5.41, 5.74) is 2.44. The number of benzene rings is 3. The van der Waals surface area contributed by atoms with Crippen LogP contribution < -0.4 is 24.8 Å². The number of rotatable bonds is 9. The minimum Gasteiger partial charge on any atom is -0.497 e. The number of para-hydroxylation sites is 1. The van der Waals surface area contributed by atoms with Crippen molar-refractivity contribution >= 4 is 56.5 Å². The van der Waals surface area contributed by atoms with Gasteiger partial charge < -0.3 is 24.8 Å².